The molecule has 2 rings (SSSR count). The normalized spacial score (nSPS) is 11.0. The van der Waals surface area contributed by atoms with Gasteiger partial charge in [0.05, 0.1) is 5.56 Å². The minimum absolute atomic E-state index is 0.0576. The van der Waals surface area contributed by atoms with Crippen LogP contribution in [0.5, 0.6) is 5.75 Å². The van der Waals surface area contributed by atoms with E-state index in [-0.39, 0.29) is 16.7 Å². The van der Waals surface area contributed by atoms with Crippen molar-refractivity contribution in [3.63, 3.8) is 0 Å². The van der Waals surface area contributed by atoms with Crippen LogP contribution >= 0.6 is 0 Å². The fourth-order valence-corrected chi connectivity index (χ4v) is 2.19. The number of aromatic hydroxyl groups is 1. The molecule has 0 saturated heterocycles. The lowest BCUT2D eigenvalue weighted by Gasteiger charge is -2.19. The average molecular weight is 326 g/mol. The number of rotatable bonds is 3. The monoisotopic (exact) mass is 326 g/mol. The zero-order chi connectivity index (χ0) is 17.7. The molecule has 2 aromatic carbocycles. The Labute approximate surface area is 141 Å². The molecule has 0 atom stereocenters. The summed E-state index contributed by atoms with van der Waals surface area (Å²) in [5.74, 6) is -0.811. The molecular formula is C19H22N2O3. The molecule has 3 amide bonds. The lowest BCUT2D eigenvalue weighted by molar-refractivity contribution is 0.0961. The third-order valence-corrected chi connectivity index (χ3v) is 3.65. The summed E-state index contributed by atoms with van der Waals surface area (Å²) < 4.78 is 0. The molecule has 0 aliphatic rings. The molecule has 0 aliphatic heterocycles. The number of amides is 3. The molecule has 0 radical (unpaired) electrons. The van der Waals surface area contributed by atoms with Crippen molar-refractivity contribution in [2.45, 2.75) is 32.7 Å². The van der Waals surface area contributed by atoms with Crippen LogP contribution in [0.15, 0.2) is 48.5 Å². The third-order valence-electron chi connectivity index (χ3n) is 3.65. The molecule has 24 heavy (non-hydrogen) atoms. The van der Waals surface area contributed by atoms with Crippen LogP contribution in [0.2, 0.25) is 0 Å². The maximum absolute atomic E-state index is 11.9. The van der Waals surface area contributed by atoms with E-state index < -0.39 is 11.9 Å². The van der Waals surface area contributed by atoms with Crippen LogP contribution in [-0.2, 0) is 12.0 Å². The number of imide groups is 1. The first-order chi connectivity index (χ1) is 11.3. The summed E-state index contributed by atoms with van der Waals surface area (Å²) in [6, 6.07) is 13.4. The first kappa shape index (κ1) is 17.5. The predicted molar refractivity (Wildman–Crippen MR) is 93.0 cm³/mol. The van der Waals surface area contributed by atoms with Crippen molar-refractivity contribution in [3.8, 4) is 5.75 Å². The summed E-state index contributed by atoms with van der Waals surface area (Å²) in [5, 5.41) is 14.4. The van der Waals surface area contributed by atoms with Gasteiger partial charge in [0.1, 0.15) is 5.75 Å². The molecule has 2 aromatic rings. The largest absolute Gasteiger partial charge is 0.507 e. The summed E-state index contributed by atoms with van der Waals surface area (Å²) >= 11 is 0. The highest BCUT2D eigenvalue weighted by Crippen LogP contribution is 2.22. The maximum Gasteiger partial charge on any atom is 0.321 e. The Hall–Kier alpha value is -2.82. The molecule has 0 saturated carbocycles. The summed E-state index contributed by atoms with van der Waals surface area (Å²) in [4.78, 5) is 23.7. The van der Waals surface area contributed by atoms with Crippen molar-refractivity contribution < 1.29 is 14.7 Å². The lowest BCUT2D eigenvalue weighted by Crippen LogP contribution is -2.39. The molecule has 0 aliphatic carbocycles. The number of hydrogen-bond acceptors (Lipinski definition) is 3. The highest BCUT2D eigenvalue weighted by atomic mass is 16.3. The first-order valence-corrected chi connectivity index (χ1v) is 7.74. The van der Waals surface area contributed by atoms with Crippen molar-refractivity contribution in [2.75, 3.05) is 0 Å². The van der Waals surface area contributed by atoms with Gasteiger partial charge in [-0.05, 0) is 28.7 Å². The average Bonchev–Trinajstić information content (AvgIpc) is 2.53. The molecule has 0 aromatic heterocycles. The summed E-state index contributed by atoms with van der Waals surface area (Å²) in [7, 11) is 0. The van der Waals surface area contributed by atoms with E-state index in [4.69, 9.17) is 0 Å². The maximum atomic E-state index is 11.9. The number of phenols is 1. The molecule has 0 fully saturated rings. The number of nitrogens with one attached hydrogen (secondary N) is 2. The standard InChI is InChI=1S/C19H22N2O3/c1-19(2,3)14-10-8-13(9-11-14)12-20-18(24)21-17(23)15-6-4-5-7-16(15)22/h4-11,22H,12H2,1-3H3,(H2,20,21,23,24). The third kappa shape index (κ3) is 4.59. The Balaban J connectivity index is 1.89. The molecule has 3 N–H and O–H groups in total. The van der Waals surface area contributed by atoms with Crippen LogP contribution in [0.25, 0.3) is 0 Å². The molecule has 126 valence electrons. The topological polar surface area (TPSA) is 78.4 Å². The van der Waals surface area contributed by atoms with E-state index in [9.17, 15) is 14.7 Å². The Bertz CT molecular complexity index is 731. The van der Waals surface area contributed by atoms with Gasteiger partial charge >= 0.3 is 6.03 Å². The van der Waals surface area contributed by atoms with Crippen molar-refractivity contribution in [3.05, 3.63) is 65.2 Å². The first-order valence-electron chi connectivity index (χ1n) is 7.74. The number of para-hydroxylation sites is 1. The van der Waals surface area contributed by atoms with E-state index >= 15 is 0 Å². The van der Waals surface area contributed by atoms with Crippen LogP contribution in [-0.4, -0.2) is 17.0 Å². The Morgan fingerprint density at radius 3 is 2.21 bits per heavy atom. The van der Waals surface area contributed by atoms with Gasteiger partial charge in [-0.3, -0.25) is 10.1 Å². The van der Waals surface area contributed by atoms with Gasteiger partial charge < -0.3 is 10.4 Å². The molecule has 5 nitrogen and oxygen atoms in total. The summed E-state index contributed by atoms with van der Waals surface area (Å²) in [6.45, 7) is 6.72. The quantitative estimate of drug-likeness (QED) is 0.809. The zero-order valence-electron chi connectivity index (χ0n) is 14.1. The molecule has 5 heteroatoms. The molecule has 0 bridgehead atoms. The second-order valence-corrected chi connectivity index (χ2v) is 6.60. The summed E-state index contributed by atoms with van der Waals surface area (Å²) in [5.41, 5.74) is 2.29. The Morgan fingerprint density at radius 2 is 1.62 bits per heavy atom. The van der Waals surface area contributed by atoms with Gasteiger partial charge in [0.25, 0.3) is 5.91 Å². The lowest BCUT2D eigenvalue weighted by atomic mass is 9.87. The van der Waals surface area contributed by atoms with E-state index in [1.807, 2.05) is 24.3 Å². The minimum Gasteiger partial charge on any atom is -0.507 e. The second-order valence-electron chi connectivity index (χ2n) is 6.60. The zero-order valence-corrected chi connectivity index (χ0v) is 14.1. The van der Waals surface area contributed by atoms with Gasteiger partial charge in [0, 0.05) is 6.54 Å². The molecule has 0 unspecified atom stereocenters. The predicted octanol–water partition coefficient (Wildman–Crippen LogP) is 3.33. The fourth-order valence-electron chi connectivity index (χ4n) is 2.19. The van der Waals surface area contributed by atoms with Gasteiger partial charge in [-0.25, -0.2) is 4.79 Å². The van der Waals surface area contributed by atoms with E-state index in [0.29, 0.717) is 6.54 Å². The number of urea groups is 1. The van der Waals surface area contributed by atoms with Crippen LogP contribution in [0, 0.1) is 0 Å². The minimum atomic E-state index is -0.645. The highest BCUT2D eigenvalue weighted by Gasteiger charge is 2.14. The van der Waals surface area contributed by atoms with Crippen molar-refractivity contribution >= 4 is 11.9 Å². The molecular weight excluding hydrogens is 304 g/mol. The van der Waals surface area contributed by atoms with Crippen molar-refractivity contribution in [1.82, 2.24) is 10.6 Å². The van der Waals surface area contributed by atoms with Crippen molar-refractivity contribution in [1.29, 1.82) is 0 Å². The fraction of sp³-hybridized carbons (Fsp3) is 0.263. The van der Waals surface area contributed by atoms with Gasteiger partial charge in [-0.1, -0.05) is 57.2 Å². The van der Waals surface area contributed by atoms with E-state index in [0.717, 1.165) is 5.56 Å². The Kier molecular flexibility index (Phi) is 5.24. The van der Waals surface area contributed by atoms with E-state index in [1.54, 1.807) is 12.1 Å². The second kappa shape index (κ2) is 7.17. The Morgan fingerprint density at radius 1 is 1.00 bits per heavy atom. The van der Waals surface area contributed by atoms with Crippen molar-refractivity contribution in [2.24, 2.45) is 0 Å². The number of hydrogen-bond donors (Lipinski definition) is 3. The molecule has 0 heterocycles. The van der Waals surface area contributed by atoms with Gasteiger partial charge in [-0.2, -0.15) is 0 Å². The highest BCUT2D eigenvalue weighted by molar-refractivity contribution is 6.05. The number of carbonyl (C=O) groups excluding carboxylic acids is 2. The van der Waals surface area contributed by atoms with Crippen LogP contribution in [0.1, 0.15) is 42.3 Å². The number of benzene rings is 2. The van der Waals surface area contributed by atoms with Crippen LogP contribution < -0.4 is 10.6 Å². The van der Waals surface area contributed by atoms with Crippen LogP contribution in [0.4, 0.5) is 4.79 Å². The van der Waals surface area contributed by atoms with E-state index in [1.165, 1.54) is 17.7 Å². The van der Waals surface area contributed by atoms with Gasteiger partial charge in [-0.15, -0.1) is 0 Å². The smallest absolute Gasteiger partial charge is 0.321 e. The summed E-state index contributed by atoms with van der Waals surface area (Å²) in [6.07, 6.45) is 0. The van der Waals surface area contributed by atoms with Crippen LogP contribution in [0.3, 0.4) is 0 Å². The van der Waals surface area contributed by atoms with Gasteiger partial charge in [0.2, 0.25) is 0 Å². The van der Waals surface area contributed by atoms with E-state index in [2.05, 4.69) is 31.4 Å². The van der Waals surface area contributed by atoms with Gasteiger partial charge in [0.15, 0.2) is 0 Å². The SMILES string of the molecule is CC(C)(C)c1ccc(CNC(=O)NC(=O)c2ccccc2O)cc1. The molecule has 0 spiro atoms. The number of carbonyl (C=O) groups is 2. The number of phenolic OH excluding ortho intramolecular Hbond substituents is 1.